The largest absolute Gasteiger partial charge is 0.440 e. The van der Waals surface area contributed by atoms with Gasteiger partial charge in [0.05, 0.1) is 5.75 Å². The fraction of sp³-hybridized carbons (Fsp3) is 0.478. The molecule has 0 radical (unpaired) electrons. The molecule has 1 N–H and O–H groups in total. The lowest BCUT2D eigenvalue weighted by Crippen LogP contribution is -2.39. The quantitative estimate of drug-likeness (QED) is 0.477. The first-order valence-corrected chi connectivity index (χ1v) is 13.2. The van der Waals surface area contributed by atoms with E-state index < -0.39 is 46.2 Å². The number of carbonyl (C=O) groups is 1. The number of carbonyl (C=O) groups excluding carboxylic acids is 1. The number of aromatic nitrogens is 1. The van der Waals surface area contributed by atoms with E-state index in [1.165, 1.54) is 12.1 Å². The van der Waals surface area contributed by atoms with Crippen LogP contribution in [0.15, 0.2) is 44.3 Å². The normalized spacial score (nSPS) is 23.0. The Bertz CT molecular complexity index is 1320. The summed E-state index contributed by atoms with van der Waals surface area (Å²) in [4.78, 5) is 17.1. The zero-order valence-corrected chi connectivity index (χ0v) is 19.7. The Morgan fingerprint density at radius 3 is 2.56 bits per heavy atom. The summed E-state index contributed by atoms with van der Waals surface area (Å²) in [6.07, 6.45) is 2.07. The predicted molar refractivity (Wildman–Crippen MR) is 120 cm³/mol. The summed E-state index contributed by atoms with van der Waals surface area (Å²) in [5.41, 5.74) is 1.40. The van der Waals surface area contributed by atoms with Crippen molar-refractivity contribution in [1.29, 1.82) is 0 Å². The van der Waals surface area contributed by atoms with Crippen LogP contribution in [-0.4, -0.2) is 37.0 Å². The number of alkyl halides is 2. The predicted octanol–water partition coefficient (Wildman–Crippen LogP) is 5.35. The molecule has 0 spiro atoms. The minimum atomic E-state index is -3.87. The maximum atomic E-state index is 13.0. The van der Waals surface area contributed by atoms with Gasteiger partial charge in [-0.25, -0.2) is 22.2 Å². The van der Waals surface area contributed by atoms with Crippen molar-refractivity contribution in [3.63, 3.8) is 0 Å². The van der Waals surface area contributed by atoms with E-state index in [-0.39, 0.29) is 22.8 Å². The number of sulfone groups is 1. The smallest absolute Gasteiger partial charge is 0.287 e. The van der Waals surface area contributed by atoms with Crippen LogP contribution in [0, 0.1) is 5.92 Å². The van der Waals surface area contributed by atoms with Gasteiger partial charge in [0, 0.05) is 29.8 Å². The van der Waals surface area contributed by atoms with Crippen molar-refractivity contribution in [3.05, 3.63) is 47.0 Å². The van der Waals surface area contributed by atoms with Gasteiger partial charge in [0.15, 0.2) is 17.2 Å². The standard InChI is InChI=1S/C23H23ClF2N2O5S/c24-15-3-6-18-17(9-15)28-22(33-18)14-1-4-16(5-2-14)27-21(29)19-7-8-20(32-19)34(30,31)12-13-10-23(25,26)11-13/h3,6-9,13-14,16H,1-2,4-5,10-12H2,(H,27,29). The Morgan fingerprint density at radius 2 is 1.85 bits per heavy atom. The van der Waals surface area contributed by atoms with E-state index in [0.29, 0.717) is 34.9 Å². The number of fused-ring (bicyclic) bond motifs is 1. The minimum Gasteiger partial charge on any atom is -0.440 e. The van der Waals surface area contributed by atoms with Crippen molar-refractivity contribution >= 4 is 38.4 Å². The number of benzene rings is 1. The lowest BCUT2D eigenvalue weighted by atomic mass is 9.83. The molecule has 1 amide bonds. The maximum Gasteiger partial charge on any atom is 0.287 e. The van der Waals surface area contributed by atoms with Gasteiger partial charge in [-0.15, -0.1) is 0 Å². The number of nitrogens with zero attached hydrogens (tertiary/aromatic N) is 1. The third-order valence-electron chi connectivity index (χ3n) is 6.52. The van der Waals surface area contributed by atoms with Crippen molar-refractivity contribution in [2.45, 2.75) is 61.5 Å². The fourth-order valence-corrected chi connectivity index (χ4v) is 6.42. The number of amides is 1. The van der Waals surface area contributed by atoms with Gasteiger partial charge in [0.1, 0.15) is 5.52 Å². The molecule has 0 bridgehead atoms. The highest BCUT2D eigenvalue weighted by molar-refractivity contribution is 7.91. The second kappa shape index (κ2) is 8.64. The lowest BCUT2D eigenvalue weighted by Gasteiger charge is -2.34. The van der Waals surface area contributed by atoms with Gasteiger partial charge in [-0.2, -0.15) is 0 Å². The van der Waals surface area contributed by atoms with E-state index in [1.54, 1.807) is 18.2 Å². The molecule has 0 unspecified atom stereocenters. The summed E-state index contributed by atoms with van der Waals surface area (Å²) in [5, 5.41) is 3.11. The topological polar surface area (TPSA) is 102 Å². The summed E-state index contributed by atoms with van der Waals surface area (Å²) < 4.78 is 62.0. The van der Waals surface area contributed by atoms with E-state index in [0.717, 1.165) is 12.8 Å². The van der Waals surface area contributed by atoms with Crippen molar-refractivity contribution < 1.29 is 30.8 Å². The minimum absolute atomic E-state index is 0.0927. The molecular formula is C23H23ClF2N2O5S. The fourth-order valence-electron chi connectivity index (χ4n) is 4.74. The number of hydrogen-bond donors (Lipinski definition) is 1. The molecule has 2 saturated carbocycles. The van der Waals surface area contributed by atoms with Crippen LogP contribution in [0.25, 0.3) is 11.1 Å². The van der Waals surface area contributed by atoms with Gasteiger partial charge in [-0.1, -0.05) is 11.6 Å². The molecule has 0 saturated heterocycles. The molecule has 2 aliphatic carbocycles. The van der Waals surface area contributed by atoms with E-state index in [9.17, 15) is 22.0 Å². The van der Waals surface area contributed by atoms with Gasteiger partial charge in [-0.05, 0) is 61.9 Å². The number of nitrogens with one attached hydrogen (secondary N) is 1. The molecule has 7 nitrogen and oxygen atoms in total. The summed E-state index contributed by atoms with van der Waals surface area (Å²) in [5.74, 6) is -3.63. The second-order valence-corrected chi connectivity index (χ2v) is 11.6. The van der Waals surface area contributed by atoms with Crippen LogP contribution in [0.1, 0.15) is 60.9 Å². The van der Waals surface area contributed by atoms with Crippen LogP contribution in [0.4, 0.5) is 8.78 Å². The molecule has 34 heavy (non-hydrogen) atoms. The van der Waals surface area contributed by atoms with Crippen LogP contribution in [0.5, 0.6) is 0 Å². The highest BCUT2D eigenvalue weighted by Crippen LogP contribution is 2.43. The molecule has 0 aliphatic heterocycles. The van der Waals surface area contributed by atoms with Crippen LogP contribution >= 0.6 is 11.6 Å². The van der Waals surface area contributed by atoms with Gasteiger partial charge < -0.3 is 14.2 Å². The second-order valence-electron chi connectivity index (χ2n) is 9.22. The van der Waals surface area contributed by atoms with Crippen LogP contribution in [0.2, 0.25) is 5.02 Å². The lowest BCUT2D eigenvalue weighted by molar-refractivity contribution is -0.103. The third kappa shape index (κ3) is 4.84. The molecule has 2 fully saturated rings. The average Bonchev–Trinajstić information content (AvgIpc) is 3.40. The van der Waals surface area contributed by atoms with Gasteiger partial charge in [0.2, 0.25) is 20.9 Å². The molecular weight excluding hydrogens is 490 g/mol. The summed E-state index contributed by atoms with van der Waals surface area (Å²) in [7, 11) is -3.87. The van der Waals surface area contributed by atoms with Crippen LogP contribution in [0.3, 0.4) is 0 Å². The molecule has 3 aromatic rings. The number of oxazole rings is 1. The van der Waals surface area contributed by atoms with Crippen molar-refractivity contribution in [2.75, 3.05) is 5.75 Å². The first kappa shape index (κ1) is 23.3. The monoisotopic (exact) mass is 512 g/mol. The Balaban J connectivity index is 1.15. The number of rotatable bonds is 6. The summed E-state index contributed by atoms with van der Waals surface area (Å²) in [6, 6.07) is 7.71. The Morgan fingerprint density at radius 1 is 1.12 bits per heavy atom. The SMILES string of the molecule is O=C(NC1CCC(c2nc3cc(Cl)ccc3o2)CC1)c1ccc(S(=O)(=O)CC2CC(F)(F)C2)o1. The van der Waals surface area contributed by atoms with Crippen LogP contribution in [-0.2, 0) is 9.84 Å². The average molecular weight is 513 g/mol. The van der Waals surface area contributed by atoms with Gasteiger partial charge in [0.25, 0.3) is 5.91 Å². The number of furan rings is 1. The Labute approximate surface area is 199 Å². The Kier molecular flexibility index (Phi) is 5.92. The maximum absolute atomic E-state index is 13.0. The summed E-state index contributed by atoms with van der Waals surface area (Å²) in [6.45, 7) is 0. The van der Waals surface area contributed by atoms with E-state index in [2.05, 4.69) is 10.3 Å². The van der Waals surface area contributed by atoms with Crippen molar-refractivity contribution in [3.8, 4) is 0 Å². The summed E-state index contributed by atoms with van der Waals surface area (Å²) >= 11 is 6.01. The van der Waals surface area contributed by atoms with Gasteiger partial charge >= 0.3 is 0 Å². The first-order chi connectivity index (χ1) is 16.1. The molecule has 5 rings (SSSR count). The highest BCUT2D eigenvalue weighted by Gasteiger charge is 2.47. The van der Waals surface area contributed by atoms with Crippen molar-refractivity contribution in [2.24, 2.45) is 5.92 Å². The third-order valence-corrected chi connectivity index (χ3v) is 8.50. The number of hydrogen-bond acceptors (Lipinski definition) is 6. The molecule has 11 heteroatoms. The van der Waals surface area contributed by atoms with E-state index in [4.69, 9.17) is 20.4 Å². The molecule has 1 aromatic carbocycles. The van der Waals surface area contributed by atoms with Gasteiger partial charge in [-0.3, -0.25) is 4.79 Å². The molecule has 2 aliphatic rings. The molecule has 2 aromatic heterocycles. The van der Waals surface area contributed by atoms with E-state index >= 15 is 0 Å². The highest BCUT2D eigenvalue weighted by atomic mass is 35.5. The van der Waals surface area contributed by atoms with Crippen molar-refractivity contribution in [1.82, 2.24) is 10.3 Å². The van der Waals surface area contributed by atoms with Crippen LogP contribution < -0.4 is 5.32 Å². The number of halogens is 3. The molecule has 182 valence electrons. The zero-order valence-electron chi connectivity index (χ0n) is 18.1. The zero-order chi connectivity index (χ0) is 24.1. The molecule has 2 heterocycles. The molecule has 0 atom stereocenters. The first-order valence-electron chi connectivity index (χ1n) is 11.2. The Hall–Kier alpha value is -2.46. The van der Waals surface area contributed by atoms with E-state index in [1.807, 2.05) is 0 Å².